The Morgan fingerprint density at radius 2 is 2.00 bits per heavy atom. The molecular formula is C15H27N3O. The van der Waals surface area contributed by atoms with Crippen LogP contribution in [0.3, 0.4) is 0 Å². The summed E-state index contributed by atoms with van der Waals surface area (Å²) >= 11 is 0. The van der Waals surface area contributed by atoms with E-state index in [1.54, 1.807) is 7.11 Å². The molecule has 1 aliphatic carbocycles. The topological polar surface area (TPSA) is 39.1 Å². The molecule has 0 saturated heterocycles. The molecule has 1 aromatic rings. The van der Waals surface area contributed by atoms with Crippen molar-refractivity contribution in [1.82, 2.24) is 15.1 Å². The summed E-state index contributed by atoms with van der Waals surface area (Å²) in [7, 11) is 3.64. The number of nitrogens with one attached hydrogen (secondary N) is 1. The van der Waals surface area contributed by atoms with E-state index in [2.05, 4.69) is 17.3 Å². The Morgan fingerprint density at radius 1 is 1.32 bits per heavy atom. The molecule has 0 aliphatic heterocycles. The lowest BCUT2D eigenvalue weighted by molar-refractivity contribution is 0.207. The molecular weight excluding hydrogens is 238 g/mol. The molecule has 4 nitrogen and oxygen atoms in total. The number of methoxy groups -OCH3 is 1. The number of rotatable bonds is 5. The third-order valence-corrected chi connectivity index (χ3v) is 4.40. The van der Waals surface area contributed by atoms with E-state index >= 15 is 0 Å². The molecule has 2 rings (SSSR count). The Kier molecular flexibility index (Phi) is 4.50. The van der Waals surface area contributed by atoms with Crippen LogP contribution in [0.15, 0.2) is 0 Å². The van der Waals surface area contributed by atoms with Gasteiger partial charge < -0.3 is 10.1 Å². The van der Waals surface area contributed by atoms with Crippen molar-refractivity contribution < 1.29 is 4.74 Å². The first kappa shape index (κ1) is 14.4. The zero-order chi connectivity index (χ0) is 13.9. The lowest BCUT2D eigenvalue weighted by Gasteiger charge is -2.33. The second kappa shape index (κ2) is 5.95. The minimum atomic E-state index is 0.474. The van der Waals surface area contributed by atoms with E-state index in [4.69, 9.17) is 4.74 Å². The van der Waals surface area contributed by atoms with Crippen LogP contribution in [0.4, 0.5) is 0 Å². The van der Waals surface area contributed by atoms with E-state index in [0.717, 1.165) is 24.7 Å². The summed E-state index contributed by atoms with van der Waals surface area (Å²) in [5.74, 6) is 0.874. The molecule has 19 heavy (non-hydrogen) atoms. The number of aryl methyl sites for hydroxylation is 2. The molecule has 0 unspecified atom stereocenters. The van der Waals surface area contributed by atoms with E-state index in [-0.39, 0.29) is 0 Å². The van der Waals surface area contributed by atoms with Crippen molar-refractivity contribution in [2.75, 3.05) is 13.7 Å². The summed E-state index contributed by atoms with van der Waals surface area (Å²) in [5.41, 5.74) is 2.71. The maximum Gasteiger partial charge on any atom is 0.216 e. The van der Waals surface area contributed by atoms with Crippen LogP contribution in [0.25, 0.3) is 0 Å². The van der Waals surface area contributed by atoms with Gasteiger partial charge in [-0.15, -0.1) is 0 Å². The predicted molar refractivity (Wildman–Crippen MR) is 77.4 cm³/mol. The minimum absolute atomic E-state index is 0.474. The van der Waals surface area contributed by atoms with Gasteiger partial charge in [0.15, 0.2) is 0 Å². The highest BCUT2D eigenvalue weighted by Gasteiger charge is 2.26. The van der Waals surface area contributed by atoms with Gasteiger partial charge in [0.2, 0.25) is 5.88 Å². The fourth-order valence-corrected chi connectivity index (χ4v) is 3.21. The van der Waals surface area contributed by atoms with Gasteiger partial charge in [-0.2, -0.15) is 5.10 Å². The number of hydrogen-bond acceptors (Lipinski definition) is 3. The van der Waals surface area contributed by atoms with Crippen molar-refractivity contribution in [3.05, 3.63) is 11.3 Å². The summed E-state index contributed by atoms with van der Waals surface area (Å²) in [5, 5.41) is 8.02. The second-order valence-corrected chi connectivity index (χ2v) is 6.17. The Balaban J connectivity index is 1.92. The molecule has 0 bridgehead atoms. The monoisotopic (exact) mass is 265 g/mol. The molecule has 1 aromatic heterocycles. The molecule has 0 aromatic carbocycles. The molecule has 0 amide bonds. The van der Waals surface area contributed by atoms with E-state index in [9.17, 15) is 0 Å². The van der Waals surface area contributed by atoms with Crippen molar-refractivity contribution in [3.63, 3.8) is 0 Å². The summed E-state index contributed by atoms with van der Waals surface area (Å²) in [4.78, 5) is 0. The van der Waals surface area contributed by atoms with E-state index in [1.807, 2.05) is 18.7 Å². The van der Waals surface area contributed by atoms with Crippen molar-refractivity contribution in [2.45, 2.75) is 52.5 Å². The van der Waals surface area contributed by atoms with Gasteiger partial charge in [-0.3, -0.25) is 0 Å². The maximum atomic E-state index is 5.43. The highest BCUT2D eigenvalue weighted by atomic mass is 16.5. The van der Waals surface area contributed by atoms with Crippen LogP contribution in [0.1, 0.15) is 50.3 Å². The molecule has 1 heterocycles. The molecule has 1 saturated carbocycles. The predicted octanol–water partition coefficient (Wildman–Crippen LogP) is 2.80. The van der Waals surface area contributed by atoms with Crippen LogP contribution >= 0.6 is 0 Å². The van der Waals surface area contributed by atoms with Gasteiger partial charge in [-0.25, -0.2) is 4.68 Å². The summed E-state index contributed by atoms with van der Waals surface area (Å²) < 4.78 is 7.24. The lowest BCUT2D eigenvalue weighted by atomic mass is 9.76. The Morgan fingerprint density at radius 3 is 2.63 bits per heavy atom. The zero-order valence-corrected chi connectivity index (χ0v) is 12.8. The van der Waals surface area contributed by atoms with Crippen LogP contribution in [0.5, 0.6) is 5.88 Å². The highest BCUT2D eigenvalue weighted by Crippen LogP contribution is 2.35. The SMILES string of the molecule is COc1c(CNCC2(C)CCCCC2)c(C)nn1C. The van der Waals surface area contributed by atoms with Crippen LogP contribution in [-0.2, 0) is 13.6 Å². The maximum absolute atomic E-state index is 5.43. The minimum Gasteiger partial charge on any atom is -0.481 e. The van der Waals surface area contributed by atoms with Crippen molar-refractivity contribution in [3.8, 4) is 5.88 Å². The first-order chi connectivity index (χ1) is 9.06. The summed E-state index contributed by atoms with van der Waals surface area (Å²) in [6, 6.07) is 0. The van der Waals surface area contributed by atoms with Gasteiger partial charge >= 0.3 is 0 Å². The van der Waals surface area contributed by atoms with Crippen molar-refractivity contribution in [2.24, 2.45) is 12.5 Å². The van der Waals surface area contributed by atoms with E-state index in [0.29, 0.717) is 5.41 Å². The Bertz CT molecular complexity index is 419. The molecule has 108 valence electrons. The van der Waals surface area contributed by atoms with Crippen LogP contribution < -0.4 is 10.1 Å². The first-order valence-electron chi connectivity index (χ1n) is 7.33. The van der Waals surface area contributed by atoms with Gasteiger partial charge in [0.25, 0.3) is 0 Å². The smallest absolute Gasteiger partial charge is 0.216 e. The number of hydrogen-bond donors (Lipinski definition) is 1. The average Bonchev–Trinajstić information content (AvgIpc) is 2.64. The van der Waals surface area contributed by atoms with Gasteiger partial charge in [0.05, 0.1) is 18.4 Å². The van der Waals surface area contributed by atoms with Crippen LogP contribution in [0.2, 0.25) is 0 Å². The van der Waals surface area contributed by atoms with E-state index < -0.39 is 0 Å². The van der Waals surface area contributed by atoms with Gasteiger partial charge in [0.1, 0.15) is 0 Å². The molecule has 0 radical (unpaired) electrons. The molecule has 0 spiro atoms. The summed E-state index contributed by atoms with van der Waals surface area (Å²) in [6.45, 7) is 6.39. The molecule has 1 aliphatic rings. The third kappa shape index (κ3) is 3.30. The number of nitrogens with zero attached hydrogens (tertiary/aromatic N) is 2. The van der Waals surface area contributed by atoms with Gasteiger partial charge in [0, 0.05) is 20.1 Å². The number of ether oxygens (including phenoxy) is 1. The average molecular weight is 265 g/mol. The number of aromatic nitrogens is 2. The van der Waals surface area contributed by atoms with Crippen molar-refractivity contribution in [1.29, 1.82) is 0 Å². The van der Waals surface area contributed by atoms with Crippen LogP contribution in [0, 0.1) is 12.3 Å². The molecule has 1 fully saturated rings. The molecule has 0 atom stereocenters. The standard InChI is InChI=1S/C15H27N3O/c1-12-13(14(19-4)18(3)17-12)10-16-11-15(2)8-6-5-7-9-15/h16H,5-11H2,1-4H3. The fourth-order valence-electron chi connectivity index (χ4n) is 3.21. The Labute approximate surface area is 116 Å². The van der Waals surface area contributed by atoms with E-state index in [1.165, 1.54) is 37.7 Å². The Hall–Kier alpha value is -1.03. The fraction of sp³-hybridized carbons (Fsp3) is 0.800. The molecule has 4 heteroatoms. The zero-order valence-electron chi connectivity index (χ0n) is 12.8. The van der Waals surface area contributed by atoms with Gasteiger partial charge in [-0.05, 0) is 25.2 Å². The summed E-state index contributed by atoms with van der Waals surface area (Å²) in [6.07, 6.45) is 6.87. The highest BCUT2D eigenvalue weighted by molar-refractivity contribution is 5.30. The third-order valence-electron chi connectivity index (χ3n) is 4.40. The molecule has 1 N–H and O–H groups in total. The largest absolute Gasteiger partial charge is 0.481 e. The normalized spacial score (nSPS) is 18.5. The van der Waals surface area contributed by atoms with Gasteiger partial charge in [-0.1, -0.05) is 26.2 Å². The first-order valence-corrected chi connectivity index (χ1v) is 7.33. The van der Waals surface area contributed by atoms with Crippen molar-refractivity contribution >= 4 is 0 Å². The second-order valence-electron chi connectivity index (χ2n) is 6.17. The van der Waals surface area contributed by atoms with Crippen LogP contribution in [-0.4, -0.2) is 23.4 Å². The lowest BCUT2D eigenvalue weighted by Crippen LogP contribution is -2.33. The quantitative estimate of drug-likeness (QED) is 0.890.